The van der Waals surface area contributed by atoms with Gasteiger partial charge in [-0.2, -0.15) is 13.2 Å². The molecule has 0 aliphatic heterocycles. The first-order valence-corrected chi connectivity index (χ1v) is 6.54. The minimum atomic E-state index is -4.41. The van der Waals surface area contributed by atoms with Crippen molar-refractivity contribution in [3.05, 3.63) is 35.4 Å². The van der Waals surface area contributed by atoms with Gasteiger partial charge in [0.2, 0.25) is 0 Å². The van der Waals surface area contributed by atoms with E-state index in [4.69, 9.17) is 9.79 Å². The van der Waals surface area contributed by atoms with Crippen molar-refractivity contribution in [3.8, 4) is 0 Å². The maximum atomic E-state index is 12.3. The Morgan fingerprint density at radius 2 is 1.78 bits per heavy atom. The third-order valence-corrected chi connectivity index (χ3v) is 3.27. The van der Waals surface area contributed by atoms with Crippen LogP contribution in [0.1, 0.15) is 18.1 Å². The molecule has 0 radical (unpaired) electrons. The largest absolute Gasteiger partial charge is 0.416 e. The molecule has 1 rings (SSSR count). The second-order valence-electron chi connectivity index (χ2n) is 3.62. The van der Waals surface area contributed by atoms with Crippen molar-refractivity contribution in [1.29, 1.82) is 0 Å². The van der Waals surface area contributed by atoms with E-state index in [0.717, 1.165) is 18.3 Å². The van der Waals surface area contributed by atoms with E-state index in [2.05, 4.69) is 4.99 Å². The van der Waals surface area contributed by atoms with Crippen LogP contribution < -0.4 is 0 Å². The molecule has 8 heteroatoms. The van der Waals surface area contributed by atoms with Crippen LogP contribution in [-0.2, 0) is 10.7 Å². The highest BCUT2D eigenvalue weighted by molar-refractivity contribution is 7.52. The first-order valence-electron chi connectivity index (χ1n) is 4.86. The van der Waals surface area contributed by atoms with E-state index >= 15 is 0 Å². The molecule has 0 saturated carbocycles. The van der Waals surface area contributed by atoms with Crippen molar-refractivity contribution in [3.63, 3.8) is 0 Å². The summed E-state index contributed by atoms with van der Waals surface area (Å²) in [5.74, 6) is -1.22. The Morgan fingerprint density at radius 1 is 1.28 bits per heavy atom. The molecule has 0 unspecified atom stereocenters. The molecule has 0 amide bonds. The summed E-state index contributed by atoms with van der Waals surface area (Å²) in [6, 6.07) is 4.12. The molecular formula is C10H11F3NO3P. The molecule has 4 nitrogen and oxygen atoms in total. The monoisotopic (exact) mass is 281 g/mol. The molecule has 100 valence electrons. The Morgan fingerprint density at radius 3 is 2.17 bits per heavy atom. The quantitative estimate of drug-likeness (QED) is 0.661. The van der Waals surface area contributed by atoms with Gasteiger partial charge in [0.15, 0.2) is 0 Å². The van der Waals surface area contributed by atoms with Gasteiger partial charge >= 0.3 is 13.8 Å². The maximum absolute atomic E-state index is 12.3. The van der Waals surface area contributed by atoms with E-state index in [1.54, 1.807) is 0 Å². The molecule has 0 spiro atoms. The Balaban J connectivity index is 2.82. The van der Waals surface area contributed by atoms with E-state index < -0.39 is 25.1 Å². The minimum absolute atomic E-state index is 0.336. The fourth-order valence-corrected chi connectivity index (χ4v) is 1.28. The van der Waals surface area contributed by atoms with Crippen LogP contribution in [-0.4, -0.2) is 21.8 Å². The van der Waals surface area contributed by atoms with E-state index in [-0.39, 0.29) is 0 Å². The molecule has 0 aliphatic rings. The van der Waals surface area contributed by atoms with Gasteiger partial charge in [0.1, 0.15) is 5.78 Å². The predicted molar refractivity (Wildman–Crippen MR) is 60.5 cm³/mol. The Hall–Kier alpha value is -1.17. The highest BCUT2D eigenvalue weighted by Gasteiger charge is 2.29. The van der Waals surface area contributed by atoms with E-state index in [0.29, 0.717) is 5.56 Å². The third-order valence-electron chi connectivity index (χ3n) is 2.16. The molecule has 1 atom stereocenters. The molecule has 0 aromatic heterocycles. The summed E-state index contributed by atoms with van der Waals surface area (Å²) in [5, 5.41) is 0. The lowest BCUT2D eigenvalue weighted by molar-refractivity contribution is -0.137. The Kier molecular flexibility index (Phi) is 4.32. The lowest BCUT2D eigenvalue weighted by Crippen LogP contribution is -2.04. The van der Waals surface area contributed by atoms with Gasteiger partial charge in [-0.25, -0.2) is 0 Å². The number of aliphatic imine (C=N–C) groups is 1. The van der Waals surface area contributed by atoms with Gasteiger partial charge in [0, 0.05) is 6.21 Å². The van der Waals surface area contributed by atoms with Crippen LogP contribution in [0.15, 0.2) is 29.3 Å². The van der Waals surface area contributed by atoms with E-state index in [1.165, 1.54) is 19.1 Å². The van der Waals surface area contributed by atoms with Crippen LogP contribution in [0.25, 0.3) is 0 Å². The Labute approximate surface area is 101 Å². The van der Waals surface area contributed by atoms with Gasteiger partial charge in [-0.05, 0) is 24.6 Å². The zero-order chi connectivity index (χ0) is 14.0. The number of hydrogen-bond donors (Lipinski definition) is 2. The lowest BCUT2D eigenvalue weighted by atomic mass is 10.1. The summed E-state index contributed by atoms with van der Waals surface area (Å²) in [5.41, 5.74) is -0.453. The molecular weight excluding hydrogens is 270 g/mol. The number of nitrogens with zero attached hydrogens (tertiary/aromatic N) is 1. The molecule has 2 N–H and O–H groups in total. The topological polar surface area (TPSA) is 69.9 Å². The van der Waals surface area contributed by atoms with Crippen LogP contribution in [0.4, 0.5) is 13.2 Å². The molecule has 0 saturated heterocycles. The second kappa shape index (κ2) is 5.22. The number of hydrogen-bond acceptors (Lipinski definition) is 2. The molecule has 1 aromatic carbocycles. The lowest BCUT2D eigenvalue weighted by Gasteiger charge is -2.08. The summed E-state index contributed by atoms with van der Waals surface area (Å²) >= 11 is 0. The van der Waals surface area contributed by atoms with Gasteiger partial charge in [-0.15, -0.1) is 0 Å². The molecule has 0 bridgehead atoms. The minimum Gasteiger partial charge on any atom is -0.323 e. The van der Waals surface area contributed by atoms with Crippen molar-refractivity contribution >= 4 is 13.8 Å². The summed E-state index contributed by atoms with van der Waals surface area (Å²) in [6.07, 6.45) is -3.28. The van der Waals surface area contributed by atoms with Gasteiger partial charge < -0.3 is 9.79 Å². The van der Waals surface area contributed by atoms with Crippen LogP contribution in [0.5, 0.6) is 0 Å². The molecule has 0 heterocycles. The second-order valence-corrected chi connectivity index (χ2v) is 5.54. The van der Waals surface area contributed by atoms with Gasteiger partial charge in [-0.3, -0.25) is 9.56 Å². The van der Waals surface area contributed by atoms with Crippen molar-refractivity contribution < 1.29 is 27.5 Å². The van der Waals surface area contributed by atoms with Gasteiger partial charge in [-0.1, -0.05) is 12.1 Å². The van der Waals surface area contributed by atoms with Crippen LogP contribution >= 0.6 is 7.60 Å². The zero-order valence-corrected chi connectivity index (χ0v) is 10.2. The average Bonchev–Trinajstić information content (AvgIpc) is 2.24. The third kappa shape index (κ3) is 4.25. The van der Waals surface area contributed by atoms with Crippen molar-refractivity contribution in [2.75, 3.05) is 0 Å². The van der Waals surface area contributed by atoms with E-state index in [9.17, 15) is 17.7 Å². The number of alkyl halides is 3. The number of halogens is 3. The van der Waals surface area contributed by atoms with Gasteiger partial charge in [0.05, 0.1) is 5.56 Å². The zero-order valence-electron chi connectivity index (χ0n) is 9.30. The van der Waals surface area contributed by atoms with Crippen LogP contribution in [0.3, 0.4) is 0 Å². The molecule has 1 aromatic rings. The van der Waals surface area contributed by atoms with Crippen molar-refractivity contribution in [2.24, 2.45) is 4.99 Å². The van der Waals surface area contributed by atoms with Crippen LogP contribution in [0.2, 0.25) is 0 Å². The molecule has 0 fully saturated rings. The van der Waals surface area contributed by atoms with Crippen molar-refractivity contribution in [1.82, 2.24) is 0 Å². The Bertz CT molecular complexity index is 478. The maximum Gasteiger partial charge on any atom is 0.416 e. The fourth-order valence-electron chi connectivity index (χ4n) is 1.04. The molecule has 18 heavy (non-hydrogen) atoms. The normalized spacial score (nSPS) is 15.0. The highest BCUT2D eigenvalue weighted by atomic mass is 31.2. The van der Waals surface area contributed by atoms with E-state index in [1.807, 2.05) is 0 Å². The number of rotatable bonds is 3. The smallest absolute Gasteiger partial charge is 0.323 e. The number of benzene rings is 1. The first kappa shape index (κ1) is 14.9. The summed E-state index contributed by atoms with van der Waals surface area (Å²) < 4.78 is 47.5. The standard InChI is InChI=1S/C10H11F3NO3P/c1-7(18(15,16)17)14-6-8-2-4-9(5-3-8)10(11,12)13/h2-7H,1H3,(H2,15,16,17)/b14-6+/t7-/m1/s1. The average molecular weight is 281 g/mol. The first-order chi connectivity index (χ1) is 8.10. The van der Waals surface area contributed by atoms with Crippen molar-refractivity contribution in [2.45, 2.75) is 18.9 Å². The molecule has 0 aliphatic carbocycles. The highest BCUT2D eigenvalue weighted by Crippen LogP contribution is 2.41. The summed E-state index contributed by atoms with van der Waals surface area (Å²) in [6.45, 7) is 1.22. The predicted octanol–water partition coefficient (Wildman–Crippen LogP) is 2.65. The van der Waals surface area contributed by atoms with Crippen LogP contribution in [0, 0.1) is 0 Å². The van der Waals surface area contributed by atoms with Gasteiger partial charge in [0.25, 0.3) is 0 Å². The summed E-state index contributed by atoms with van der Waals surface area (Å²) in [4.78, 5) is 21.1. The SMILES string of the molecule is C[C@H](/N=C/c1ccc(C(F)(F)F)cc1)P(=O)(O)O. The summed E-state index contributed by atoms with van der Waals surface area (Å²) in [7, 11) is -4.31. The fraction of sp³-hybridized carbons (Fsp3) is 0.300.